The van der Waals surface area contributed by atoms with Crippen molar-refractivity contribution in [1.29, 1.82) is 0 Å². The number of rotatable bonds is 0. The first-order valence-electron chi connectivity index (χ1n) is 3.87. The van der Waals surface area contributed by atoms with Crippen LogP contribution in [0.3, 0.4) is 0 Å². The molecule has 0 bridgehead atoms. The van der Waals surface area contributed by atoms with Crippen molar-refractivity contribution in [3.8, 4) is 0 Å². The Labute approximate surface area is 80.2 Å². The molecule has 0 spiro atoms. The number of benzene rings is 1. The van der Waals surface area contributed by atoms with Gasteiger partial charge in [0.2, 0.25) is 5.82 Å². The average molecular weight is 217 g/mol. The summed E-state index contributed by atoms with van der Waals surface area (Å²) in [6.07, 6.45) is 0. The van der Waals surface area contributed by atoms with Crippen LogP contribution in [0.5, 0.6) is 0 Å². The van der Waals surface area contributed by atoms with E-state index in [1.165, 1.54) is 0 Å². The fraction of sp³-hybridized carbons (Fsp3) is 0. The largest absolute Gasteiger partial charge is 0.319 e. The third kappa shape index (κ3) is 1.29. The third-order valence-electron chi connectivity index (χ3n) is 1.95. The molecule has 2 rings (SSSR count). The van der Waals surface area contributed by atoms with E-state index in [1.54, 1.807) is 0 Å². The lowest BCUT2D eigenvalue weighted by molar-refractivity contribution is 0.486. The molecule has 0 fully saturated rings. The van der Waals surface area contributed by atoms with Crippen LogP contribution < -0.4 is 5.56 Å². The summed E-state index contributed by atoms with van der Waals surface area (Å²) >= 11 is 0. The van der Waals surface area contributed by atoms with Gasteiger partial charge < -0.3 is 4.98 Å². The molecule has 1 aromatic carbocycles. The Morgan fingerprint density at radius 1 is 0.933 bits per heavy atom. The molecule has 15 heavy (non-hydrogen) atoms. The fourth-order valence-corrected chi connectivity index (χ4v) is 1.26. The molecule has 0 unspecified atom stereocenters. The van der Waals surface area contributed by atoms with E-state index in [1.807, 2.05) is 4.98 Å². The van der Waals surface area contributed by atoms with E-state index in [-0.39, 0.29) is 5.52 Å². The SMILES string of the molecule is O=c1[nH]c2ccc(F)c(F)c2c(F)c1F. The maximum Gasteiger partial charge on any atom is 0.287 e. The van der Waals surface area contributed by atoms with Crippen molar-refractivity contribution in [2.75, 3.05) is 0 Å². The summed E-state index contributed by atoms with van der Waals surface area (Å²) in [4.78, 5) is 12.7. The number of halogens is 4. The number of hydrogen-bond acceptors (Lipinski definition) is 1. The first-order chi connectivity index (χ1) is 7.02. The molecule has 0 radical (unpaired) electrons. The summed E-state index contributed by atoms with van der Waals surface area (Å²) in [5, 5.41) is -0.896. The number of nitrogens with one attached hydrogen (secondary N) is 1. The first-order valence-corrected chi connectivity index (χ1v) is 3.87. The van der Waals surface area contributed by atoms with E-state index < -0.39 is 34.2 Å². The standard InChI is InChI=1S/C9H3F4NO/c10-3-1-2-4-5(6(3)11)7(12)8(13)9(15)14-4/h1-2H,(H,14,15). The smallest absolute Gasteiger partial charge is 0.287 e. The van der Waals surface area contributed by atoms with Gasteiger partial charge in [-0.2, -0.15) is 4.39 Å². The first kappa shape index (κ1) is 9.70. The number of hydrogen-bond donors (Lipinski definition) is 1. The highest BCUT2D eigenvalue weighted by molar-refractivity contribution is 5.79. The van der Waals surface area contributed by atoms with Gasteiger partial charge in [0.25, 0.3) is 5.56 Å². The predicted molar refractivity (Wildman–Crippen MR) is 44.4 cm³/mol. The van der Waals surface area contributed by atoms with Crippen molar-refractivity contribution < 1.29 is 17.6 Å². The Bertz CT molecular complexity index is 605. The molecule has 6 heteroatoms. The molecule has 2 aromatic rings. The Hall–Kier alpha value is -1.85. The second-order valence-corrected chi connectivity index (χ2v) is 2.87. The zero-order chi connectivity index (χ0) is 11.2. The minimum absolute atomic E-state index is 0.294. The van der Waals surface area contributed by atoms with Crippen molar-refractivity contribution in [3.05, 3.63) is 45.8 Å². The Balaban J connectivity index is 3.07. The van der Waals surface area contributed by atoms with Gasteiger partial charge in [-0.15, -0.1) is 0 Å². The van der Waals surface area contributed by atoms with Crippen molar-refractivity contribution in [3.63, 3.8) is 0 Å². The van der Waals surface area contributed by atoms with Crippen LogP contribution in [0.4, 0.5) is 17.6 Å². The highest BCUT2D eigenvalue weighted by Crippen LogP contribution is 2.21. The molecule has 78 valence electrons. The monoisotopic (exact) mass is 217 g/mol. The van der Waals surface area contributed by atoms with Gasteiger partial charge in [-0.1, -0.05) is 0 Å². The molecule has 0 aliphatic rings. The van der Waals surface area contributed by atoms with Gasteiger partial charge in [0.15, 0.2) is 17.5 Å². The molecule has 0 atom stereocenters. The quantitative estimate of drug-likeness (QED) is 0.673. The molecule has 1 aromatic heterocycles. The van der Waals surface area contributed by atoms with Crippen molar-refractivity contribution >= 4 is 10.9 Å². The summed E-state index contributed by atoms with van der Waals surface area (Å²) in [6.45, 7) is 0. The van der Waals surface area contributed by atoms with Gasteiger partial charge in [0.1, 0.15) is 0 Å². The number of aromatic nitrogens is 1. The van der Waals surface area contributed by atoms with Gasteiger partial charge in [-0.25, -0.2) is 13.2 Å². The van der Waals surface area contributed by atoms with Crippen molar-refractivity contribution in [2.45, 2.75) is 0 Å². The molecule has 1 N–H and O–H groups in total. The minimum atomic E-state index is -1.76. The van der Waals surface area contributed by atoms with Crippen LogP contribution in [0, 0.1) is 23.3 Å². The second-order valence-electron chi connectivity index (χ2n) is 2.87. The summed E-state index contributed by atoms with van der Waals surface area (Å²) in [5.74, 6) is -6.29. The second kappa shape index (κ2) is 3.08. The van der Waals surface area contributed by atoms with E-state index in [0.29, 0.717) is 6.07 Å². The molecule has 2 nitrogen and oxygen atoms in total. The number of H-pyrrole nitrogens is 1. The highest BCUT2D eigenvalue weighted by Gasteiger charge is 2.17. The predicted octanol–water partition coefficient (Wildman–Crippen LogP) is 2.08. The van der Waals surface area contributed by atoms with E-state index in [4.69, 9.17) is 0 Å². The summed E-state index contributed by atoms with van der Waals surface area (Å²) in [7, 11) is 0. The molecular weight excluding hydrogens is 214 g/mol. The normalized spacial score (nSPS) is 10.9. The molecule has 0 aliphatic carbocycles. The van der Waals surface area contributed by atoms with Crippen LogP contribution in [0.25, 0.3) is 10.9 Å². The van der Waals surface area contributed by atoms with Gasteiger partial charge in [0.05, 0.1) is 10.9 Å². The fourth-order valence-electron chi connectivity index (χ4n) is 1.26. The van der Waals surface area contributed by atoms with E-state index in [0.717, 1.165) is 6.07 Å². The summed E-state index contributed by atoms with van der Waals surface area (Å²) in [6, 6.07) is 1.67. The lowest BCUT2D eigenvalue weighted by atomic mass is 10.2. The van der Waals surface area contributed by atoms with E-state index in [2.05, 4.69) is 0 Å². The van der Waals surface area contributed by atoms with Crippen molar-refractivity contribution in [1.82, 2.24) is 4.98 Å². The average Bonchev–Trinajstić information content (AvgIpc) is 2.20. The van der Waals surface area contributed by atoms with Gasteiger partial charge in [-0.05, 0) is 12.1 Å². The zero-order valence-corrected chi connectivity index (χ0v) is 7.07. The lowest BCUT2D eigenvalue weighted by Crippen LogP contribution is -2.14. The summed E-state index contributed by atoms with van der Waals surface area (Å²) in [5.41, 5.74) is -1.61. The van der Waals surface area contributed by atoms with Gasteiger partial charge >= 0.3 is 0 Å². The molecule has 0 aliphatic heterocycles. The van der Waals surface area contributed by atoms with Crippen LogP contribution in [-0.4, -0.2) is 4.98 Å². The van der Waals surface area contributed by atoms with Crippen LogP contribution in [-0.2, 0) is 0 Å². The maximum absolute atomic E-state index is 13.1. The number of aromatic amines is 1. The van der Waals surface area contributed by atoms with Crippen molar-refractivity contribution in [2.24, 2.45) is 0 Å². The molecular formula is C9H3F4NO. The zero-order valence-electron chi connectivity index (χ0n) is 7.07. The van der Waals surface area contributed by atoms with E-state index in [9.17, 15) is 22.4 Å². The lowest BCUT2D eigenvalue weighted by Gasteiger charge is -2.02. The Kier molecular flexibility index (Phi) is 1.99. The third-order valence-corrected chi connectivity index (χ3v) is 1.95. The molecule has 0 saturated carbocycles. The van der Waals surface area contributed by atoms with Gasteiger partial charge in [0, 0.05) is 0 Å². The number of pyridine rings is 1. The molecule has 0 saturated heterocycles. The van der Waals surface area contributed by atoms with Crippen LogP contribution in [0.1, 0.15) is 0 Å². The van der Waals surface area contributed by atoms with Crippen LogP contribution in [0.2, 0.25) is 0 Å². The highest BCUT2D eigenvalue weighted by atomic mass is 19.2. The van der Waals surface area contributed by atoms with Crippen LogP contribution in [0.15, 0.2) is 16.9 Å². The summed E-state index contributed by atoms with van der Waals surface area (Å²) < 4.78 is 51.6. The molecule has 0 amide bonds. The van der Waals surface area contributed by atoms with Gasteiger partial charge in [-0.3, -0.25) is 4.79 Å². The van der Waals surface area contributed by atoms with E-state index >= 15 is 0 Å². The maximum atomic E-state index is 13.1. The number of fused-ring (bicyclic) bond motifs is 1. The Morgan fingerprint density at radius 3 is 2.27 bits per heavy atom. The minimum Gasteiger partial charge on any atom is -0.319 e. The Morgan fingerprint density at radius 2 is 1.60 bits per heavy atom. The van der Waals surface area contributed by atoms with Crippen LogP contribution >= 0.6 is 0 Å². The topological polar surface area (TPSA) is 32.9 Å². The molecule has 1 heterocycles.